The number of hydrogen-bond donors (Lipinski definition) is 2. The van der Waals surface area contributed by atoms with Crippen LogP contribution in [0.1, 0.15) is 30.6 Å². The molecule has 1 rings (SSSR count). The summed E-state index contributed by atoms with van der Waals surface area (Å²) in [6.07, 6.45) is 0.797. The number of urea groups is 1. The van der Waals surface area contributed by atoms with Crippen LogP contribution in [0.4, 0.5) is 4.79 Å². The Hall–Kier alpha value is -2.28. The van der Waals surface area contributed by atoms with Gasteiger partial charge in [-0.3, -0.25) is 10.1 Å². The normalized spacial score (nSPS) is 10.2. The van der Waals surface area contributed by atoms with Crippen molar-refractivity contribution in [3.63, 3.8) is 0 Å². The van der Waals surface area contributed by atoms with E-state index in [1.807, 2.05) is 13.8 Å². The number of carbonyl (C=O) groups is 3. The predicted octanol–water partition coefficient (Wildman–Crippen LogP) is 2.38. The number of benzene rings is 1. The van der Waals surface area contributed by atoms with Crippen molar-refractivity contribution in [1.82, 2.24) is 10.6 Å². The minimum Gasteiger partial charge on any atom is -0.496 e. The molecule has 0 aliphatic heterocycles. The van der Waals surface area contributed by atoms with Gasteiger partial charge in [0.05, 0.1) is 7.11 Å². The monoisotopic (exact) mass is 356 g/mol. The van der Waals surface area contributed by atoms with Gasteiger partial charge in [0.1, 0.15) is 11.3 Å². The summed E-state index contributed by atoms with van der Waals surface area (Å²) in [6, 6.07) is 3.82. The molecule has 3 amide bonds. The molecule has 0 saturated heterocycles. The van der Waals surface area contributed by atoms with Crippen molar-refractivity contribution in [3.8, 4) is 5.75 Å². The molecule has 7 nitrogen and oxygen atoms in total. The summed E-state index contributed by atoms with van der Waals surface area (Å²) in [7, 11) is 1.40. The Labute approximate surface area is 145 Å². The largest absolute Gasteiger partial charge is 0.496 e. The second-order valence-corrected chi connectivity index (χ2v) is 5.84. The molecule has 0 saturated carbocycles. The van der Waals surface area contributed by atoms with Crippen LogP contribution in [0.3, 0.4) is 0 Å². The minimum absolute atomic E-state index is 0.0965. The fourth-order valence-corrected chi connectivity index (χ4v) is 1.90. The molecule has 1 aromatic carbocycles. The van der Waals surface area contributed by atoms with Crippen molar-refractivity contribution in [2.75, 3.05) is 20.3 Å². The number of rotatable bonds is 7. The van der Waals surface area contributed by atoms with E-state index in [1.54, 1.807) is 6.07 Å². The van der Waals surface area contributed by atoms with Crippen molar-refractivity contribution in [2.45, 2.75) is 20.3 Å². The van der Waals surface area contributed by atoms with Crippen LogP contribution in [0.2, 0.25) is 5.02 Å². The van der Waals surface area contributed by atoms with Gasteiger partial charge in [0.15, 0.2) is 6.61 Å². The molecule has 132 valence electrons. The molecule has 0 aromatic heterocycles. The first-order valence-electron chi connectivity index (χ1n) is 7.41. The fraction of sp³-hybridized carbons (Fsp3) is 0.438. The first-order chi connectivity index (χ1) is 11.3. The van der Waals surface area contributed by atoms with Gasteiger partial charge in [0.2, 0.25) is 0 Å². The van der Waals surface area contributed by atoms with Crippen molar-refractivity contribution in [3.05, 3.63) is 28.8 Å². The minimum atomic E-state index is -0.773. The van der Waals surface area contributed by atoms with E-state index < -0.39 is 24.5 Å². The van der Waals surface area contributed by atoms with Crippen LogP contribution in [0, 0.1) is 5.92 Å². The van der Waals surface area contributed by atoms with Crippen LogP contribution in [-0.2, 0) is 9.53 Å². The average molecular weight is 357 g/mol. The third-order valence-corrected chi connectivity index (χ3v) is 3.21. The lowest BCUT2D eigenvalue weighted by Crippen LogP contribution is -2.42. The third kappa shape index (κ3) is 6.87. The van der Waals surface area contributed by atoms with Gasteiger partial charge in [-0.2, -0.15) is 0 Å². The maximum Gasteiger partial charge on any atom is 0.342 e. The molecular formula is C16H21ClN2O5. The smallest absolute Gasteiger partial charge is 0.342 e. The Kier molecular flexibility index (Phi) is 8.05. The van der Waals surface area contributed by atoms with Crippen LogP contribution in [0.25, 0.3) is 0 Å². The van der Waals surface area contributed by atoms with Crippen LogP contribution >= 0.6 is 11.6 Å². The lowest BCUT2D eigenvalue weighted by Gasteiger charge is -2.10. The molecule has 0 spiro atoms. The number of methoxy groups -OCH3 is 1. The van der Waals surface area contributed by atoms with Gasteiger partial charge in [-0.05, 0) is 30.5 Å². The maximum absolute atomic E-state index is 12.0. The van der Waals surface area contributed by atoms with Crippen LogP contribution in [0.5, 0.6) is 5.75 Å². The average Bonchev–Trinajstić information content (AvgIpc) is 2.52. The summed E-state index contributed by atoms with van der Waals surface area (Å²) in [4.78, 5) is 35.0. The Morgan fingerprint density at radius 2 is 1.96 bits per heavy atom. The van der Waals surface area contributed by atoms with E-state index in [0.29, 0.717) is 17.5 Å². The van der Waals surface area contributed by atoms with Gasteiger partial charge in [0, 0.05) is 11.6 Å². The number of amides is 3. The second kappa shape index (κ2) is 9.77. The number of imide groups is 1. The summed E-state index contributed by atoms with van der Waals surface area (Å²) < 4.78 is 9.89. The summed E-state index contributed by atoms with van der Waals surface area (Å²) >= 11 is 5.82. The van der Waals surface area contributed by atoms with Crippen molar-refractivity contribution in [2.24, 2.45) is 5.92 Å². The highest BCUT2D eigenvalue weighted by molar-refractivity contribution is 6.31. The molecular weight excluding hydrogens is 336 g/mol. The van der Waals surface area contributed by atoms with E-state index >= 15 is 0 Å². The van der Waals surface area contributed by atoms with E-state index in [0.717, 1.165) is 6.42 Å². The van der Waals surface area contributed by atoms with E-state index in [2.05, 4.69) is 10.6 Å². The summed E-state index contributed by atoms with van der Waals surface area (Å²) in [5.74, 6) is -0.790. The standard InChI is InChI=1S/C16H21ClN2O5/c1-10(2)6-7-18-16(22)19-14(20)9-24-15(21)12-8-11(17)4-5-13(12)23-3/h4-5,8,10H,6-7,9H2,1-3H3,(H2,18,19,20,22). The molecule has 8 heteroatoms. The zero-order chi connectivity index (χ0) is 18.1. The molecule has 0 atom stereocenters. The molecule has 0 aliphatic carbocycles. The van der Waals surface area contributed by atoms with Crippen molar-refractivity contribution < 1.29 is 23.9 Å². The lowest BCUT2D eigenvalue weighted by molar-refractivity contribution is -0.123. The van der Waals surface area contributed by atoms with E-state index in [9.17, 15) is 14.4 Å². The fourth-order valence-electron chi connectivity index (χ4n) is 1.73. The number of nitrogens with one attached hydrogen (secondary N) is 2. The van der Waals surface area contributed by atoms with Gasteiger partial charge in [-0.15, -0.1) is 0 Å². The van der Waals surface area contributed by atoms with Gasteiger partial charge in [-0.25, -0.2) is 9.59 Å². The van der Waals surface area contributed by atoms with Crippen LogP contribution < -0.4 is 15.4 Å². The molecule has 0 radical (unpaired) electrons. The first-order valence-corrected chi connectivity index (χ1v) is 7.79. The quantitative estimate of drug-likeness (QED) is 0.731. The summed E-state index contributed by atoms with van der Waals surface area (Å²) in [5.41, 5.74) is 0.0965. The highest BCUT2D eigenvalue weighted by Gasteiger charge is 2.16. The van der Waals surface area contributed by atoms with E-state index in [1.165, 1.54) is 19.2 Å². The number of hydrogen-bond acceptors (Lipinski definition) is 5. The van der Waals surface area contributed by atoms with Crippen LogP contribution in [0.15, 0.2) is 18.2 Å². The first kappa shape index (κ1) is 19.8. The zero-order valence-corrected chi connectivity index (χ0v) is 14.6. The van der Waals surface area contributed by atoms with Crippen molar-refractivity contribution in [1.29, 1.82) is 0 Å². The Morgan fingerprint density at radius 3 is 2.58 bits per heavy atom. The van der Waals surface area contributed by atoms with E-state index in [4.69, 9.17) is 21.1 Å². The SMILES string of the molecule is COc1ccc(Cl)cc1C(=O)OCC(=O)NC(=O)NCCC(C)C. The molecule has 24 heavy (non-hydrogen) atoms. The Morgan fingerprint density at radius 1 is 1.25 bits per heavy atom. The van der Waals surface area contributed by atoms with Gasteiger partial charge in [-0.1, -0.05) is 25.4 Å². The molecule has 2 N–H and O–H groups in total. The van der Waals surface area contributed by atoms with Gasteiger partial charge >= 0.3 is 12.0 Å². The Balaban J connectivity index is 2.45. The third-order valence-electron chi connectivity index (χ3n) is 2.98. The number of esters is 1. The Bertz CT molecular complexity index is 604. The maximum atomic E-state index is 12.0. The highest BCUT2D eigenvalue weighted by Crippen LogP contribution is 2.23. The second-order valence-electron chi connectivity index (χ2n) is 5.41. The van der Waals surface area contributed by atoms with Crippen molar-refractivity contribution >= 4 is 29.5 Å². The zero-order valence-electron chi connectivity index (χ0n) is 13.8. The van der Waals surface area contributed by atoms with E-state index in [-0.39, 0.29) is 11.3 Å². The molecule has 0 fully saturated rings. The molecule has 0 unspecified atom stereocenters. The molecule has 0 bridgehead atoms. The number of carbonyl (C=O) groups excluding carboxylic acids is 3. The summed E-state index contributed by atoms with van der Waals surface area (Å²) in [5, 5.41) is 4.95. The van der Waals surface area contributed by atoms with Gasteiger partial charge < -0.3 is 14.8 Å². The summed E-state index contributed by atoms with van der Waals surface area (Å²) in [6.45, 7) is 3.91. The van der Waals surface area contributed by atoms with Gasteiger partial charge in [0.25, 0.3) is 5.91 Å². The number of halogens is 1. The topological polar surface area (TPSA) is 93.7 Å². The molecule has 0 aliphatic rings. The molecule has 1 aromatic rings. The highest BCUT2D eigenvalue weighted by atomic mass is 35.5. The lowest BCUT2D eigenvalue weighted by atomic mass is 10.1. The van der Waals surface area contributed by atoms with Crippen LogP contribution in [-0.4, -0.2) is 38.2 Å². The predicted molar refractivity (Wildman–Crippen MR) is 89.3 cm³/mol. The number of ether oxygens (including phenoxy) is 2. The molecule has 0 heterocycles.